The molecule has 0 spiro atoms. The first-order valence-electron chi connectivity index (χ1n) is 8.76. The highest BCUT2D eigenvalue weighted by Crippen LogP contribution is 2.24. The number of rotatable bonds is 6. The molecule has 6 heteroatoms. The summed E-state index contributed by atoms with van der Waals surface area (Å²) in [7, 11) is 0. The molecule has 0 unspecified atom stereocenters. The zero-order valence-corrected chi connectivity index (χ0v) is 15.6. The van der Waals surface area contributed by atoms with Gasteiger partial charge in [0.1, 0.15) is 5.75 Å². The van der Waals surface area contributed by atoms with Crippen LogP contribution in [0.25, 0.3) is 0 Å². The molecular weight excluding hydrogens is 340 g/mol. The minimum absolute atomic E-state index is 0.292. The van der Waals surface area contributed by atoms with Crippen LogP contribution < -0.4 is 15.4 Å². The number of nitrogens with zero attached hydrogens (tertiary/aromatic N) is 2. The van der Waals surface area contributed by atoms with Crippen molar-refractivity contribution in [3.05, 3.63) is 71.5 Å². The standard InChI is InChI=1S/C21H22N4O2/c1-4-27-19-8-6-5-7-18(19)25-20(26)16-12-22-21(23-13-16)24-17-10-9-14(2)15(3)11-17/h5-13H,4H2,1-3H3,(H,25,26)(H,22,23,24). The van der Waals surface area contributed by atoms with Gasteiger partial charge in [0.15, 0.2) is 0 Å². The van der Waals surface area contributed by atoms with Gasteiger partial charge in [-0.3, -0.25) is 4.79 Å². The molecule has 0 aliphatic rings. The number of carbonyl (C=O) groups excluding carboxylic acids is 1. The van der Waals surface area contributed by atoms with Crippen molar-refractivity contribution in [2.24, 2.45) is 0 Å². The number of aryl methyl sites for hydroxylation is 2. The van der Waals surface area contributed by atoms with E-state index < -0.39 is 0 Å². The normalized spacial score (nSPS) is 10.3. The van der Waals surface area contributed by atoms with Crippen LogP contribution in [0.15, 0.2) is 54.9 Å². The van der Waals surface area contributed by atoms with Gasteiger partial charge in [-0.15, -0.1) is 0 Å². The molecule has 138 valence electrons. The molecule has 0 bridgehead atoms. The first kappa shape index (κ1) is 18.4. The van der Waals surface area contributed by atoms with E-state index in [0.29, 0.717) is 29.6 Å². The second-order valence-corrected chi connectivity index (χ2v) is 6.10. The number of carbonyl (C=O) groups is 1. The van der Waals surface area contributed by atoms with Gasteiger partial charge in [0.2, 0.25) is 5.95 Å². The molecule has 3 rings (SSSR count). The van der Waals surface area contributed by atoms with Crippen molar-refractivity contribution in [3.63, 3.8) is 0 Å². The Morgan fingerprint density at radius 1 is 1.04 bits per heavy atom. The Hall–Kier alpha value is -3.41. The van der Waals surface area contributed by atoms with Crippen LogP contribution in [0, 0.1) is 13.8 Å². The minimum Gasteiger partial charge on any atom is -0.492 e. The van der Waals surface area contributed by atoms with E-state index in [1.165, 1.54) is 23.5 Å². The molecule has 1 amide bonds. The lowest BCUT2D eigenvalue weighted by molar-refractivity contribution is 0.102. The van der Waals surface area contributed by atoms with Gasteiger partial charge < -0.3 is 15.4 Å². The predicted octanol–water partition coefficient (Wildman–Crippen LogP) is 4.49. The number of para-hydroxylation sites is 2. The van der Waals surface area contributed by atoms with Crippen LogP contribution in [-0.2, 0) is 0 Å². The van der Waals surface area contributed by atoms with Crippen molar-refractivity contribution in [1.29, 1.82) is 0 Å². The van der Waals surface area contributed by atoms with Crippen LogP contribution in [0.2, 0.25) is 0 Å². The predicted molar refractivity (Wildman–Crippen MR) is 107 cm³/mol. The Morgan fingerprint density at radius 3 is 2.48 bits per heavy atom. The average molecular weight is 362 g/mol. The highest BCUT2D eigenvalue weighted by atomic mass is 16.5. The molecule has 1 aromatic heterocycles. The number of anilines is 3. The average Bonchev–Trinajstić information content (AvgIpc) is 2.67. The van der Waals surface area contributed by atoms with Crippen molar-refractivity contribution in [2.45, 2.75) is 20.8 Å². The highest BCUT2D eigenvalue weighted by Gasteiger charge is 2.11. The number of hydrogen-bond donors (Lipinski definition) is 2. The van der Waals surface area contributed by atoms with Gasteiger partial charge >= 0.3 is 0 Å². The van der Waals surface area contributed by atoms with Crippen LogP contribution >= 0.6 is 0 Å². The maximum absolute atomic E-state index is 12.5. The molecule has 3 aromatic rings. The third-order valence-corrected chi connectivity index (χ3v) is 4.11. The Balaban J connectivity index is 1.69. The first-order valence-corrected chi connectivity index (χ1v) is 8.76. The molecule has 1 heterocycles. The molecule has 0 radical (unpaired) electrons. The quantitative estimate of drug-likeness (QED) is 0.676. The third kappa shape index (κ3) is 4.61. The summed E-state index contributed by atoms with van der Waals surface area (Å²) in [5.74, 6) is 0.770. The fourth-order valence-corrected chi connectivity index (χ4v) is 2.50. The number of amides is 1. The van der Waals surface area contributed by atoms with Gasteiger partial charge in [-0.05, 0) is 56.2 Å². The van der Waals surface area contributed by atoms with Gasteiger partial charge in [0, 0.05) is 18.1 Å². The van der Waals surface area contributed by atoms with Gasteiger partial charge in [0.05, 0.1) is 17.9 Å². The van der Waals surface area contributed by atoms with E-state index in [0.717, 1.165) is 5.69 Å². The smallest absolute Gasteiger partial charge is 0.258 e. The lowest BCUT2D eigenvalue weighted by Crippen LogP contribution is -2.14. The molecule has 2 N–H and O–H groups in total. The maximum atomic E-state index is 12.5. The summed E-state index contributed by atoms with van der Waals surface area (Å²) in [6, 6.07) is 13.3. The third-order valence-electron chi connectivity index (χ3n) is 4.11. The van der Waals surface area contributed by atoms with Crippen molar-refractivity contribution in [3.8, 4) is 5.75 Å². The summed E-state index contributed by atoms with van der Waals surface area (Å²) in [6.45, 7) is 6.53. The van der Waals surface area contributed by atoms with Crippen molar-refractivity contribution < 1.29 is 9.53 Å². The second-order valence-electron chi connectivity index (χ2n) is 6.10. The molecule has 27 heavy (non-hydrogen) atoms. The molecule has 2 aromatic carbocycles. The van der Waals surface area contributed by atoms with E-state index in [2.05, 4.69) is 34.4 Å². The molecule has 0 aliphatic heterocycles. The molecule has 0 fully saturated rings. The highest BCUT2D eigenvalue weighted by molar-refractivity contribution is 6.04. The lowest BCUT2D eigenvalue weighted by Gasteiger charge is -2.11. The molecule has 0 atom stereocenters. The van der Waals surface area contributed by atoms with Gasteiger partial charge in [0.25, 0.3) is 5.91 Å². The minimum atomic E-state index is -0.292. The molecule has 6 nitrogen and oxygen atoms in total. The Labute approximate surface area is 158 Å². The topological polar surface area (TPSA) is 76.1 Å². The van der Waals surface area contributed by atoms with Crippen LogP contribution in [0.3, 0.4) is 0 Å². The van der Waals surface area contributed by atoms with Gasteiger partial charge in [-0.1, -0.05) is 18.2 Å². The van der Waals surface area contributed by atoms with Gasteiger partial charge in [-0.2, -0.15) is 0 Å². The molecule has 0 aliphatic carbocycles. The van der Waals surface area contributed by atoms with Crippen LogP contribution in [-0.4, -0.2) is 22.5 Å². The zero-order chi connectivity index (χ0) is 19.2. The Bertz CT molecular complexity index is 939. The van der Waals surface area contributed by atoms with E-state index in [1.807, 2.05) is 43.3 Å². The SMILES string of the molecule is CCOc1ccccc1NC(=O)c1cnc(Nc2ccc(C)c(C)c2)nc1. The van der Waals surface area contributed by atoms with Crippen molar-refractivity contribution in [2.75, 3.05) is 17.2 Å². The van der Waals surface area contributed by atoms with E-state index >= 15 is 0 Å². The fraction of sp³-hybridized carbons (Fsp3) is 0.190. The summed E-state index contributed by atoms with van der Waals surface area (Å²) in [4.78, 5) is 20.9. The first-order chi connectivity index (χ1) is 13.1. The second kappa shape index (κ2) is 8.31. The van der Waals surface area contributed by atoms with Crippen molar-refractivity contribution in [1.82, 2.24) is 9.97 Å². The van der Waals surface area contributed by atoms with Crippen LogP contribution in [0.1, 0.15) is 28.4 Å². The molecule has 0 saturated carbocycles. The summed E-state index contributed by atoms with van der Waals surface area (Å²) in [5, 5.41) is 5.97. The summed E-state index contributed by atoms with van der Waals surface area (Å²) in [5.41, 5.74) is 4.29. The monoisotopic (exact) mass is 362 g/mol. The van der Waals surface area contributed by atoms with E-state index in [4.69, 9.17) is 4.74 Å². The number of aromatic nitrogens is 2. The fourth-order valence-electron chi connectivity index (χ4n) is 2.50. The summed E-state index contributed by atoms with van der Waals surface area (Å²) >= 11 is 0. The van der Waals surface area contributed by atoms with E-state index in [-0.39, 0.29) is 5.91 Å². The number of ether oxygens (including phenoxy) is 1. The number of benzene rings is 2. The number of hydrogen-bond acceptors (Lipinski definition) is 5. The zero-order valence-electron chi connectivity index (χ0n) is 15.6. The summed E-state index contributed by atoms with van der Waals surface area (Å²) < 4.78 is 5.52. The lowest BCUT2D eigenvalue weighted by atomic mass is 10.1. The van der Waals surface area contributed by atoms with E-state index in [1.54, 1.807) is 6.07 Å². The van der Waals surface area contributed by atoms with Crippen LogP contribution in [0.4, 0.5) is 17.3 Å². The maximum Gasteiger partial charge on any atom is 0.258 e. The largest absolute Gasteiger partial charge is 0.492 e. The molecule has 0 saturated heterocycles. The molecular formula is C21H22N4O2. The van der Waals surface area contributed by atoms with E-state index in [9.17, 15) is 4.79 Å². The number of nitrogens with one attached hydrogen (secondary N) is 2. The van der Waals surface area contributed by atoms with Crippen molar-refractivity contribution >= 4 is 23.2 Å². The van der Waals surface area contributed by atoms with Crippen LogP contribution in [0.5, 0.6) is 5.75 Å². The Morgan fingerprint density at radius 2 is 1.78 bits per heavy atom. The summed E-state index contributed by atoms with van der Waals surface area (Å²) in [6.07, 6.45) is 2.99. The van der Waals surface area contributed by atoms with Gasteiger partial charge in [-0.25, -0.2) is 9.97 Å². The Kier molecular flexibility index (Phi) is 5.66.